The Morgan fingerprint density at radius 2 is 2.12 bits per heavy atom. The number of nitrogens with zero attached hydrogens (tertiary/aromatic N) is 3. The minimum absolute atomic E-state index is 0.182. The second-order valence-electron chi connectivity index (χ2n) is 4.58. The SMILES string of the molecule is Cc1nccnc1N1CCCCC1C(C)N. The van der Waals surface area contributed by atoms with Crippen LogP contribution in [0.1, 0.15) is 31.9 Å². The van der Waals surface area contributed by atoms with Gasteiger partial charge in [-0.1, -0.05) is 0 Å². The summed E-state index contributed by atoms with van der Waals surface area (Å²) in [4.78, 5) is 11.1. The summed E-state index contributed by atoms with van der Waals surface area (Å²) in [5, 5.41) is 0. The summed E-state index contributed by atoms with van der Waals surface area (Å²) >= 11 is 0. The predicted octanol–water partition coefficient (Wildman–Crippen LogP) is 1.49. The van der Waals surface area contributed by atoms with E-state index < -0.39 is 0 Å². The fourth-order valence-electron chi connectivity index (χ4n) is 2.45. The molecule has 2 heterocycles. The van der Waals surface area contributed by atoms with Crippen LogP contribution in [0.4, 0.5) is 5.82 Å². The third kappa shape index (κ3) is 2.16. The molecular weight excluding hydrogens is 200 g/mol. The molecular formula is C12H20N4. The monoisotopic (exact) mass is 220 g/mol. The molecule has 0 spiro atoms. The predicted molar refractivity (Wildman–Crippen MR) is 65.4 cm³/mol. The highest BCUT2D eigenvalue weighted by atomic mass is 15.2. The molecule has 0 bridgehead atoms. The van der Waals surface area contributed by atoms with E-state index in [9.17, 15) is 0 Å². The minimum atomic E-state index is 0.182. The standard InChI is InChI=1S/C12H20N4/c1-9(13)11-5-3-4-8-16(11)12-10(2)14-6-7-15-12/h6-7,9,11H,3-5,8,13H2,1-2H3. The van der Waals surface area contributed by atoms with Crippen molar-refractivity contribution < 1.29 is 0 Å². The molecule has 2 atom stereocenters. The molecule has 16 heavy (non-hydrogen) atoms. The van der Waals surface area contributed by atoms with Crippen LogP contribution in [0.2, 0.25) is 0 Å². The van der Waals surface area contributed by atoms with Crippen molar-refractivity contribution in [1.82, 2.24) is 9.97 Å². The van der Waals surface area contributed by atoms with Crippen molar-refractivity contribution in [2.45, 2.75) is 45.2 Å². The summed E-state index contributed by atoms with van der Waals surface area (Å²) in [7, 11) is 0. The third-order valence-electron chi connectivity index (χ3n) is 3.28. The van der Waals surface area contributed by atoms with Crippen LogP contribution in [0.3, 0.4) is 0 Å². The van der Waals surface area contributed by atoms with Gasteiger partial charge in [-0.15, -0.1) is 0 Å². The van der Waals surface area contributed by atoms with Gasteiger partial charge >= 0.3 is 0 Å². The normalized spacial score (nSPS) is 23.2. The fourth-order valence-corrected chi connectivity index (χ4v) is 2.45. The number of piperidine rings is 1. The summed E-state index contributed by atoms with van der Waals surface area (Å²) in [5.74, 6) is 1.00. The summed E-state index contributed by atoms with van der Waals surface area (Å²) < 4.78 is 0. The van der Waals surface area contributed by atoms with Crippen molar-refractivity contribution in [1.29, 1.82) is 0 Å². The number of rotatable bonds is 2. The molecule has 1 saturated heterocycles. The van der Waals surface area contributed by atoms with Gasteiger partial charge < -0.3 is 10.6 Å². The maximum Gasteiger partial charge on any atom is 0.150 e. The molecule has 0 aromatic carbocycles. The van der Waals surface area contributed by atoms with Crippen molar-refractivity contribution in [2.75, 3.05) is 11.4 Å². The Morgan fingerprint density at radius 3 is 2.81 bits per heavy atom. The van der Waals surface area contributed by atoms with Crippen LogP contribution in [-0.4, -0.2) is 28.6 Å². The maximum absolute atomic E-state index is 6.06. The van der Waals surface area contributed by atoms with E-state index in [-0.39, 0.29) is 6.04 Å². The third-order valence-corrected chi connectivity index (χ3v) is 3.28. The van der Waals surface area contributed by atoms with E-state index in [0.29, 0.717) is 6.04 Å². The minimum Gasteiger partial charge on any atom is -0.351 e. The summed E-state index contributed by atoms with van der Waals surface area (Å²) in [5.41, 5.74) is 7.05. The molecule has 2 unspecified atom stereocenters. The number of anilines is 1. The smallest absolute Gasteiger partial charge is 0.150 e. The largest absolute Gasteiger partial charge is 0.351 e. The van der Waals surface area contributed by atoms with E-state index in [1.54, 1.807) is 12.4 Å². The van der Waals surface area contributed by atoms with Crippen LogP contribution < -0.4 is 10.6 Å². The fraction of sp³-hybridized carbons (Fsp3) is 0.667. The van der Waals surface area contributed by atoms with Gasteiger partial charge in [-0.3, -0.25) is 4.98 Å². The second-order valence-corrected chi connectivity index (χ2v) is 4.58. The average Bonchev–Trinajstić information content (AvgIpc) is 2.29. The molecule has 2 rings (SSSR count). The Labute approximate surface area is 96.9 Å². The van der Waals surface area contributed by atoms with Crippen LogP contribution in [0.5, 0.6) is 0 Å². The molecule has 1 aliphatic rings. The number of hydrogen-bond acceptors (Lipinski definition) is 4. The first-order valence-electron chi connectivity index (χ1n) is 6.00. The van der Waals surface area contributed by atoms with Crippen LogP contribution in [0.15, 0.2) is 12.4 Å². The van der Waals surface area contributed by atoms with Gasteiger partial charge in [0.25, 0.3) is 0 Å². The molecule has 1 aromatic rings. The van der Waals surface area contributed by atoms with Gasteiger partial charge in [0.05, 0.1) is 5.69 Å². The highest BCUT2D eigenvalue weighted by Gasteiger charge is 2.27. The van der Waals surface area contributed by atoms with Crippen molar-refractivity contribution in [2.24, 2.45) is 5.73 Å². The molecule has 0 saturated carbocycles. The first kappa shape index (κ1) is 11.3. The molecule has 1 aromatic heterocycles. The van der Waals surface area contributed by atoms with Crippen molar-refractivity contribution >= 4 is 5.82 Å². The van der Waals surface area contributed by atoms with Crippen molar-refractivity contribution in [3.8, 4) is 0 Å². The van der Waals surface area contributed by atoms with Gasteiger partial charge in [-0.05, 0) is 33.1 Å². The Hall–Kier alpha value is -1.16. The molecule has 1 aliphatic heterocycles. The van der Waals surface area contributed by atoms with Gasteiger partial charge in [-0.25, -0.2) is 4.98 Å². The van der Waals surface area contributed by atoms with Gasteiger partial charge in [-0.2, -0.15) is 0 Å². The van der Waals surface area contributed by atoms with Crippen molar-refractivity contribution in [3.05, 3.63) is 18.1 Å². The summed E-state index contributed by atoms with van der Waals surface area (Å²) in [6.07, 6.45) is 7.15. The van der Waals surface area contributed by atoms with Gasteiger partial charge in [0.15, 0.2) is 0 Å². The van der Waals surface area contributed by atoms with E-state index >= 15 is 0 Å². The van der Waals surface area contributed by atoms with E-state index in [4.69, 9.17) is 5.73 Å². The van der Waals surface area contributed by atoms with Gasteiger partial charge in [0, 0.05) is 31.0 Å². The Morgan fingerprint density at radius 1 is 1.38 bits per heavy atom. The number of hydrogen-bond donors (Lipinski definition) is 1. The Balaban J connectivity index is 2.27. The van der Waals surface area contributed by atoms with Crippen LogP contribution in [0.25, 0.3) is 0 Å². The van der Waals surface area contributed by atoms with Crippen LogP contribution in [-0.2, 0) is 0 Å². The molecule has 0 amide bonds. The zero-order chi connectivity index (χ0) is 11.5. The van der Waals surface area contributed by atoms with E-state index in [2.05, 4.69) is 21.8 Å². The highest BCUT2D eigenvalue weighted by molar-refractivity contribution is 5.44. The van der Waals surface area contributed by atoms with E-state index in [1.165, 1.54) is 12.8 Å². The number of nitrogens with two attached hydrogens (primary N) is 1. The molecule has 4 heteroatoms. The molecule has 0 radical (unpaired) electrons. The van der Waals surface area contributed by atoms with Crippen LogP contribution >= 0.6 is 0 Å². The number of aryl methyl sites for hydroxylation is 1. The van der Waals surface area contributed by atoms with Crippen LogP contribution in [0, 0.1) is 6.92 Å². The lowest BCUT2D eigenvalue weighted by Crippen LogP contribution is -2.49. The highest BCUT2D eigenvalue weighted by Crippen LogP contribution is 2.25. The molecule has 0 aliphatic carbocycles. The summed E-state index contributed by atoms with van der Waals surface area (Å²) in [6, 6.07) is 0.589. The van der Waals surface area contributed by atoms with E-state index in [1.807, 2.05) is 6.92 Å². The molecule has 4 nitrogen and oxygen atoms in total. The second kappa shape index (κ2) is 4.78. The van der Waals surface area contributed by atoms with Gasteiger partial charge in [0.2, 0.25) is 0 Å². The number of aromatic nitrogens is 2. The van der Waals surface area contributed by atoms with Crippen molar-refractivity contribution in [3.63, 3.8) is 0 Å². The zero-order valence-corrected chi connectivity index (χ0v) is 10.1. The first-order chi connectivity index (χ1) is 7.70. The lowest BCUT2D eigenvalue weighted by atomic mass is 9.97. The Bertz CT molecular complexity index is 351. The summed E-state index contributed by atoms with van der Waals surface area (Å²) in [6.45, 7) is 5.13. The quantitative estimate of drug-likeness (QED) is 0.820. The topological polar surface area (TPSA) is 55.0 Å². The average molecular weight is 220 g/mol. The zero-order valence-electron chi connectivity index (χ0n) is 10.1. The Kier molecular flexibility index (Phi) is 3.39. The molecule has 88 valence electrons. The lowest BCUT2D eigenvalue weighted by molar-refractivity contribution is 0.410. The van der Waals surface area contributed by atoms with Gasteiger partial charge in [0.1, 0.15) is 5.82 Å². The molecule has 2 N–H and O–H groups in total. The first-order valence-corrected chi connectivity index (χ1v) is 6.00. The lowest BCUT2D eigenvalue weighted by Gasteiger charge is -2.39. The van der Waals surface area contributed by atoms with E-state index in [0.717, 1.165) is 24.5 Å². The molecule has 1 fully saturated rings. The maximum atomic E-state index is 6.06.